The second kappa shape index (κ2) is 5.69. The Balaban J connectivity index is 1.82. The van der Waals surface area contributed by atoms with Crippen molar-refractivity contribution in [2.24, 2.45) is 10.9 Å². The quantitative estimate of drug-likeness (QED) is 0.293. The van der Waals surface area contributed by atoms with E-state index in [1.165, 1.54) is 38.8 Å². The second-order valence-electron chi connectivity index (χ2n) is 5.36. The van der Waals surface area contributed by atoms with Crippen LogP contribution in [0, 0.1) is 0 Å². The third-order valence-electron chi connectivity index (χ3n) is 4.00. The fourth-order valence-corrected chi connectivity index (χ4v) is 3.22. The van der Waals surface area contributed by atoms with Crippen molar-refractivity contribution in [3.63, 3.8) is 0 Å². The molecule has 0 aromatic rings. The molecule has 5 heteroatoms. The van der Waals surface area contributed by atoms with Crippen LogP contribution in [0.25, 0.3) is 0 Å². The van der Waals surface area contributed by atoms with E-state index < -0.39 is 0 Å². The molecule has 0 radical (unpaired) electrons. The molecule has 0 saturated carbocycles. The summed E-state index contributed by atoms with van der Waals surface area (Å²) in [5, 5.41) is 15.2. The Hall–Kier alpha value is -0.810. The number of oxime groups is 1. The van der Waals surface area contributed by atoms with Gasteiger partial charge in [-0.1, -0.05) is 11.6 Å². The Bertz CT molecular complexity index is 282. The van der Waals surface area contributed by atoms with Crippen molar-refractivity contribution < 1.29 is 5.21 Å². The number of hydrogen-bond donors (Lipinski definition) is 3. The summed E-state index contributed by atoms with van der Waals surface area (Å²) in [7, 11) is 0. The molecule has 2 saturated heterocycles. The molecule has 2 aliphatic rings. The van der Waals surface area contributed by atoms with Crippen molar-refractivity contribution in [2.45, 2.75) is 57.2 Å². The summed E-state index contributed by atoms with van der Waals surface area (Å²) in [6.07, 6.45) is 5.86. The summed E-state index contributed by atoms with van der Waals surface area (Å²) in [4.78, 5) is 2.61. The lowest BCUT2D eigenvalue weighted by atomic mass is 9.98. The van der Waals surface area contributed by atoms with Crippen molar-refractivity contribution in [2.75, 3.05) is 13.1 Å². The minimum Gasteiger partial charge on any atom is -0.409 e. The van der Waals surface area contributed by atoms with Crippen LogP contribution in [0.15, 0.2) is 5.16 Å². The minimum absolute atomic E-state index is 0.276. The molecule has 4 N–H and O–H groups in total. The van der Waals surface area contributed by atoms with Gasteiger partial charge in [0, 0.05) is 31.1 Å². The standard InChI is InChI=1S/C12H24N4O/c1-9(8-12(13)15-17)14-10-5-7-16-6-3-2-4-11(10)16/h9-11,14,17H,2-8H2,1H3,(H2,13,15). The van der Waals surface area contributed by atoms with Crippen LogP contribution in [0.2, 0.25) is 0 Å². The van der Waals surface area contributed by atoms with Gasteiger partial charge >= 0.3 is 0 Å². The van der Waals surface area contributed by atoms with Crippen molar-refractivity contribution in [3.8, 4) is 0 Å². The molecule has 0 aromatic carbocycles. The highest BCUT2D eigenvalue weighted by Gasteiger charge is 2.35. The van der Waals surface area contributed by atoms with Crippen molar-refractivity contribution >= 4 is 5.84 Å². The molecule has 2 rings (SSSR count). The van der Waals surface area contributed by atoms with E-state index in [4.69, 9.17) is 10.9 Å². The highest BCUT2D eigenvalue weighted by Crippen LogP contribution is 2.27. The smallest absolute Gasteiger partial charge is 0.140 e. The first-order valence-corrected chi connectivity index (χ1v) is 6.67. The van der Waals surface area contributed by atoms with Crippen molar-refractivity contribution in [1.82, 2.24) is 10.2 Å². The predicted octanol–water partition coefficient (Wildman–Crippen LogP) is 0.728. The van der Waals surface area contributed by atoms with Crippen LogP contribution in [0.3, 0.4) is 0 Å². The number of hydrogen-bond acceptors (Lipinski definition) is 4. The van der Waals surface area contributed by atoms with Gasteiger partial charge in [-0.15, -0.1) is 0 Å². The molecule has 5 nitrogen and oxygen atoms in total. The summed E-state index contributed by atoms with van der Waals surface area (Å²) in [6, 6.07) is 1.56. The molecule has 2 heterocycles. The van der Waals surface area contributed by atoms with Gasteiger partial charge in [0.1, 0.15) is 5.84 Å². The van der Waals surface area contributed by atoms with Crippen LogP contribution in [0.4, 0.5) is 0 Å². The Kier molecular flexibility index (Phi) is 4.23. The maximum Gasteiger partial charge on any atom is 0.140 e. The van der Waals surface area contributed by atoms with Crippen LogP contribution in [0.1, 0.15) is 39.0 Å². The average molecular weight is 240 g/mol. The molecule has 2 fully saturated rings. The maximum absolute atomic E-state index is 8.56. The van der Waals surface area contributed by atoms with E-state index in [9.17, 15) is 0 Å². The van der Waals surface area contributed by atoms with E-state index in [0.717, 1.165) is 0 Å². The number of fused-ring (bicyclic) bond motifs is 1. The number of nitrogens with zero attached hydrogens (tertiary/aromatic N) is 2. The lowest BCUT2D eigenvalue weighted by Crippen LogP contribution is -2.48. The second-order valence-corrected chi connectivity index (χ2v) is 5.36. The van der Waals surface area contributed by atoms with Gasteiger partial charge in [-0.05, 0) is 32.7 Å². The minimum atomic E-state index is 0.276. The summed E-state index contributed by atoms with van der Waals surface area (Å²) in [5.41, 5.74) is 5.53. The Morgan fingerprint density at radius 3 is 3.06 bits per heavy atom. The normalized spacial score (nSPS) is 32.4. The van der Waals surface area contributed by atoms with E-state index >= 15 is 0 Å². The third kappa shape index (κ3) is 3.10. The molecule has 2 aliphatic heterocycles. The van der Waals surface area contributed by atoms with Gasteiger partial charge in [0.2, 0.25) is 0 Å². The topological polar surface area (TPSA) is 73.9 Å². The molecule has 3 atom stereocenters. The first-order valence-electron chi connectivity index (χ1n) is 6.67. The first kappa shape index (κ1) is 12.6. The first-order chi connectivity index (χ1) is 8.20. The fraction of sp³-hybridized carbons (Fsp3) is 0.917. The van der Waals surface area contributed by atoms with Gasteiger partial charge in [-0.25, -0.2) is 0 Å². The largest absolute Gasteiger partial charge is 0.409 e. The number of nitrogens with two attached hydrogens (primary N) is 1. The number of amidine groups is 1. The summed E-state index contributed by atoms with van der Waals surface area (Å²) in [6.45, 7) is 4.58. The van der Waals surface area contributed by atoms with Gasteiger partial charge in [-0.3, -0.25) is 4.90 Å². The highest BCUT2D eigenvalue weighted by atomic mass is 16.4. The molecule has 17 heavy (non-hydrogen) atoms. The lowest BCUT2D eigenvalue weighted by Gasteiger charge is -2.33. The van der Waals surface area contributed by atoms with Crippen molar-refractivity contribution in [3.05, 3.63) is 0 Å². The lowest BCUT2D eigenvalue weighted by molar-refractivity contribution is 0.177. The van der Waals surface area contributed by atoms with Crippen LogP contribution in [-0.2, 0) is 0 Å². The molecule has 0 amide bonds. The van der Waals surface area contributed by atoms with Gasteiger partial charge in [-0.2, -0.15) is 0 Å². The van der Waals surface area contributed by atoms with Gasteiger partial charge in [0.05, 0.1) is 0 Å². The number of nitrogens with one attached hydrogen (secondary N) is 1. The Morgan fingerprint density at radius 1 is 1.47 bits per heavy atom. The van der Waals surface area contributed by atoms with Crippen LogP contribution < -0.4 is 11.1 Å². The van der Waals surface area contributed by atoms with E-state index in [1.54, 1.807) is 0 Å². The van der Waals surface area contributed by atoms with E-state index in [0.29, 0.717) is 24.3 Å². The molecule has 0 aliphatic carbocycles. The Labute approximate surface area is 103 Å². The van der Waals surface area contributed by atoms with Crippen LogP contribution in [-0.4, -0.2) is 47.2 Å². The molecule has 0 spiro atoms. The molecule has 0 bridgehead atoms. The van der Waals surface area contributed by atoms with Crippen LogP contribution in [0.5, 0.6) is 0 Å². The van der Waals surface area contributed by atoms with E-state index in [1.807, 2.05) is 0 Å². The monoisotopic (exact) mass is 240 g/mol. The summed E-state index contributed by atoms with van der Waals surface area (Å²) < 4.78 is 0. The van der Waals surface area contributed by atoms with Gasteiger partial charge < -0.3 is 16.3 Å². The van der Waals surface area contributed by atoms with Crippen molar-refractivity contribution in [1.29, 1.82) is 0 Å². The highest BCUT2D eigenvalue weighted by molar-refractivity contribution is 5.80. The van der Waals surface area contributed by atoms with E-state index in [2.05, 4.69) is 22.3 Å². The maximum atomic E-state index is 8.56. The SMILES string of the molecule is CC(CC(N)=NO)NC1CCN2CCCCC12. The zero-order valence-corrected chi connectivity index (χ0v) is 10.6. The molecule has 3 unspecified atom stereocenters. The Morgan fingerprint density at radius 2 is 2.29 bits per heavy atom. The van der Waals surface area contributed by atoms with Gasteiger partial charge in [0.25, 0.3) is 0 Å². The van der Waals surface area contributed by atoms with Gasteiger partial charge in [0.15, 0.2) is 0 Å². The molecule has 98 valence electrons. The summed E-state index contributed by atoms with van der Waals surface area (Å²) in [5.74, 6) is 0.309. The fourth-order valence-electron chi connectivity index (χ4n) is 3.22. The zero-order valence-electron chi connectivity index (χ0n) is 10.6. The van der Waals surface area contributed by atoms with E-state index in [-0.39, 0.29) is 6.04 Å². The van der Waals surface area contributed by atoms with Crippen LogP contribution >= 0.6 is 0 Å². The molecule has 0 aromatic heterocycles. The average Bonchev–Trinajstić information content (AvgIpc) is 2.72. The molecular formula is C12H24N4O. The number of piperidine rings is 1. The summed E-state index contributed by atoms with van der Waals surface area (Å²) >= 11 is 0. The molecular weight excluding hydrogens is 216 g/mol. The zero-order chi connectivity index (χ0) is 12.3. The third-order valence-corrected chi connectivity index (χ3v) is 4.00. The predicted molar refractivity (Wildman–Crippen MR) is 68.2 cm³/mol. The number of rotatable bonds is 4.